The maximum absolute atomic E-state index is 6.30. The van der Waals surface area contributed by atoms with Crippen LogP contribution in [-0.2, 0) is 0 Å². The maximum atomic E-state index is 6.30. The molecule has 0 amide bonds. The van der Waals surface area contributed by atoms with Crippen molar-refractivity contribution < 1.29 is 0 Å². The van der Waals surface area contributed by atoms with Crippen molar-refractivity contribution in [2.24, 2.45) is 5.73 Å². The van der Waals surface area contributed by atoms with E-state index in [1.807, 2.05) is 0 Å². The first-order valence-corrected chi connectivity index (χ1v) is 7.22. The third-order valence-corrected chi connectivity index (χ3v) is 3.62. The molecule has 2 heteroatoms. The molecule has 0 saturated carbocycles. The van der Waals surface area contributed by atoms with Crippen molar-refractivity contribution in [1.29, 1.82) is 0 Å². The van der Waals surface area contributed by atoms with Crippen LogP contribution in [0.2, 0.25) is 0 Å². The van der Waals surface area contributed by atoms with Crippen molar-refractivity contribution in [1.82, 2.24) is 4.90 Å². The van der Waals surface area contributed by atoms with Gasteiger partial charge in [0.2, 0.25) is 0 Å². The van der Waals surface area contributed by atoms with Gasteiger partial charge in [-0.1, -0.05) is 44.5 Å². The lowest BCUT2D eigenvalue weighted by Crippen LogP contribution is -2.28. The Balaban J connectivity index is 2.44. The summed E-state index contributed by atoms with van der Waals surface area (Å²) in [6.07, 6.45) is 3.59. The van der Waals surface area contributed by atoms with Crippen molar-refractivity contribution in [3.63, 3.8) is 0 Å². The SMILES string of the molecule is CCCCN(CC)CCC(N)c1ccccc1C. The zero-order valence-electron chi connectivity index (χ0n) is 12.2. The van der Waals surface area contributed by atoms with Crippen LogP contribution in [0.5, 0.6) is 0 Å². The van der Waals surface area contributed by atoms with Gasteiger partial charge in [0.05, 0.1) is 0 Å². The number of nitrogens with two attached hydrogens (primary N) is 1. The molecule has 0 fully saturated rings. The predicted octanol–water partition coefficient (Wildman–Crippen LogP) is 3.51. The van der Waals surface area contributed by atoms with Crippen molar-refractivity contribution in [2.75, 3.05) is 19.6 Å². The molecular formula is C16H28N2. The Hall–Kier alpha value is -0.860. The lowest BCUT2D eigenvalue weighted by molar-refractivity contribution is 0.272. The van der Waals surface area contributed by atoms with E-state index in [4.69, 9.17) is 5.73 Å². The molecule has 0 aliphatic heterocycles. The summed E-state index contributed by atoms with van der Waals surface area (Å²) in [5, 5.41) is 0. The van der Waals surface area contributed by atoms with Gasteiger partial charge in [-0.05, 0) is 50.5 Å². The van der Waals surface area contributed by atoms with E-state index in [0.29, 0.717) is 0 Å². The van der Waals surface area contributed by atoms with Gasteiger partial charge in [-0.3, -0.25) is 0 Å². The molecule has 1 atom stereocenters. The van der Waals surface area contributed by atoms with E-state index < -0.39 is 0 Å². The van der Waals surface area contributed by atoms with Crippen LogP contribution in [0.4, 0.5) is 0 Å². The highest BCUT2D eigenvalue weighted by Crippen LogP contribution is 2.18. The average Bonchev–Trinajstić information content (AvgIpc) is 2.39. The highest BCUT2D eigenvalue weighted by Gasteiger charge is 2.10. The van der Waals surface area contributed by atoms with Gasteiger partial charge in [0.1, 0.15) is 0 Å². The van der Waals surface area contributed by atoms with E-state index in [-0.39, 0.29) is 6.04 Å². The lowest BCUT2D eigenvalue weighted by atomic mass is 9.99. The van der Waals surface area contributed by atoms with Gasteiger partial charge in [-0.2, -0.15) is 0 Å². The summed E-state index contributed by atoms with van der Waals surface area (Å²) in [5.74, 6) is 0. The smallest absolute Gasteiger partial charge is 0.0309 e. The molecule has 1 unspecified atom stereocenters. The van der Waals surface area contributed by atoms with Crippen molar-refractivity contribution in [2.45, 2.75) is 46.1 Å². The first-order valence-electron chi connectivity index (χ1n) is 7.22. The highest BCUT2D eigenvalue weighted by molar-refractivity contribution is 5.28. The van der Waals surface area contributed by atoms with Gasteiger partial charge in [0.15, 0.2) is 0 Å². The molecule has 102 valence electrons. The van der Waals surface area contributed by atoms with Crippen LogP contribution in [0.3, 0.4) is 0 Å². The van der Waals surface area contributed by atoms with E-state index in [9.17, 15) is 0 Å². The number of aryl methyl sites for hydroxylation is 1. The van der Waals surface area contributed by atoms with Gasteiger partial charge in [-0.25, -0.2) is 0 Å². The van der Waals surface area contributed by atoms with Crippen LogP contribution in [-0.4, -0.2) is 24.5 Å². The van der Waals surface area contributed by atoms with Crippen LogP contribution in [0.15, 0.2) is 24.3 Å². The average molecular weight is 248 g/mol. The summed E-state index contributed by atoms with van der Waals surface area (Å²) < 4.78 is 0. The van der Waals surface area contributed by atoms with Crippen LogP contribution in [0.25, 0.3) is 0 Å². The number of benzene rings is 1. The number of rotatable bonds is 8. The topological polar surface area (TPSA) is 29.3 Å². The van der Waals surface area contributed by atoms with Gasteiger partial charge >= 0.3 is 0 Å². The molecule has 2 nitrogen and oxygen atoms in total. The predicted molar refractivity (Wildman–Crippen MR) is 79.7 cm³/mol. The lowest BCUT2D eigenvalue weighted by Gasteiger charge is -2.23. The minimum Gasteiger partial charge on any atom is -0.324 e. The molecule has 18 heavy (non-hydrogen) atoms. The Kier molecular flexibility index (Phi) is 6.99. The zero-order valence-corrected chi connectivity index (χ0v) is 12.2. The van der Waals surface area contributed by atoms with Crippen LogP contribution in [0.1, 0.15) is 50.3 Å². The normalized spacial score (nSPS) is 12.9. The molecule has 1 aromatic carbocycles. The molecule has 0 spiro atoms. The van der Waals surface area contributed by atoms with Gasteiger partial charge in [-0.15, -0.1) is 0 Å². The standard InChI is InChI=1S/C16H28N2/c1-4-6-12-18(5-2)13-11-16(17)15-10-8-7-9-14(15)3/h7-10,16H,4-6,11-13,17H2,1-3H3. The van der Waals surface area contributed by atoms with E-state index in [2.05, 4.69) is 49.9 Å². The molecular weight excluding hydrogens is 220 g/mol. The maximum Gasteiger partial charge on any atom is 0.0309 e. The minimum atomic E-state index is 0.168. The molecule has 2 N–H and O–H groups in total. The van der Waals surface area contributed by atoms with E-state index in [0.717, 1.165) is 19.5 Å². The summed E-state index contributed by atoms with van der Waals surface area (Å²) in [5.41, 5.74) is 8.90. The second-order valence-corrected chi connectivity index (χ2v) is 5.04. The third-order valence-electron chi connectivity index (χ3n) is 3.62. The third kappa shape index (κ3) is 4.79. The summed E-state index contributed by atoms with van der Waals surface area (Å²) in [6.45, 7) is 10.0. The Labute approximate surface area is 112 Å². The molecule has 0 saturated heterocycles. The number of nitrogens with zero attached hydrogens (tertiary/aromatic N) is 1. The fourth-order valence-corrected chi connectivity index (χ4v) is 2.29. The van der Waals surface area contributed by atoms with E-state index in [1.54, 1.807) is 0 Å². The number of unbranched alkanes of at least 4 members (excludes halogenated alkanes) is 1. The Bertz CT molecular complexity index is 336. The molecule has 0 aliphatic carbocycles. The zero-order chi connectivity index (χ0) is 13.4. The first-order chi connectivity index (χ1) is 8.69. The van der Waals surface area contributed by atoms with Crippen molar-refractivity contribution in [3.8, 4) is 0 Å². The molecule has 0 heterocycles. The Morgan fingerprint density at radius 1 is 1.17 bits per heavy atom. The Morgan fingerprint density at radius 3 is 2.50 bits per heavy atom. The molecule has 1 rings (SSSR count). The summed E-state index contributed by atoms with van der Waals surface area (Å²) in [4.78, 5) is 2.50. The van der Waals surface area contributed by atoms with Gasteiger partial charge in [0, 0.05) is 6.04 Å². The highest BCUT2D eigenvalue weighted by atomic mass is 15.1. The van der Waals surface area contributed by atoms with E-state index in [1.165, 1.54) is 30.5 Å². The molecule has 1 aromatic rings. The molecule has 0 aliphatic rings. The van der Waals surface area contributed by atoms with Crippen LogP contribution < -0.4 is 5.73 Å². The van der Waals surface area contributed by atoms with Gasteiger partial charge in [0.25, 0.3) is 0 Å². The van der Waals surface area contributed by atoms with Crippen molar-refractivity contribution in [3.05, 3.63) is 35.4 Å². The first kappa shape index (κ1) is 15.2. The second kappa shape index (κ2) is 8.28. The molecule has 0 radical (unpaired) electrons. The quantitative estimate of drug-likeness (QED) is 0.763. The second-order valence-electron chi connectivity index (χ2n) is 5.04. The fraction of sp³-hybridized carbons (Fsp3) is 0.625. The number of hydrogen-bond donors (Lipinski definition) is 1. The Morgan fingerprint density at radius 2 is 1.89 bits per heavy atom. The summed E-state index contributed by atoms with van der Waals surface area (Å²) in [7, 11) is 0. The summed E-state index contributed by atoms with van der Waals surface area (Å²) >= 11 is 0. The minimum absolute atomic E-state index is 0.168. The monoisotopic (exact) mass is 248 g/mol. The molecule has 0 aromatic heterocycles. The van der Waals surface area contributed by atoms with Crippen LogP contribution >= 0.6 is 0 Å². The molecule has 0 bridgehead atoms. The van der Waals surface area contributed by atoms with E-state index >= 15 is 0 Å². The summed E-state index contributed by atoms with van der Waals surface area (Å²) in [6, 6.07) is 8.62. The fourth-order valence-electron chi connectivity index (χ4n) is 2.29. The van der Waals surface area contributed by atoms with Gasteiger partial charge < -0.3 is 10.6 Å². The van der Waals surface area contributed by atoms with Crippen molar-refractivity contribution >= 4 is 0 Å². The van der Waals surface area contributed by atoms with Crippen LogP contribution in [0, 0.1) is 6.92 Å². The number of hydrogen-bond acceptors (Lipinski definition) is 2. The largest absolute Gasteiger partial charge is 0.324 e.